The standard InChI is InChI=1S/C25H27N5O/c31-23-11-6-19-16-26-25(28-24(19)30(23)22-15-17-4-5-18(22)14-17)27-20-7-9-21(10-8-20)29-12-2-1-3-13-29/h4-11,16-18,22H,1-3,12-15H2,(H,26,27,28). The Balaban J connectivity index is 1.29. The van der Waals surface area contributed by atoms with Crippen LogP contribution in [0.15, 0.2) is 59.5 Å². The summed E-state index contributed by atoms with van der Waals surface area (Å²) in [6.07, 6.45) is 12.4. The normalized spacial score (nSPS) is 24.8. The van der Waals surface area contributed by atoms with Gasteiger partial charge in [-0.15, -0.1) is 0 Å². The molecule has 2 fully saturated rings. The zero-order chi connectivity index (χ0) is 20.8. The van der Waals surface area contributed by atoms with E-state index in [0.717, 1.165) is 42.7 Å². The molecule has 6 heteroatoms. The Hall–Kier alpha value is -3.15. The molecule has 31 heavy (non-hydrogen) atoms. The molecule has 3 atom stereocenters. The van der Waals surface area contributed by atoms with Gasteiger partial charge in [-0.3, -0.25) is 9.36 Å². The highest BCUT2D eigenvalue weighted by Gasteiger charge is 2.37. The fourth-order valence-corrected chi connectivity index (χ4v) is 5.50. The van der Waals surface area contributed by atoms with Crippen molar-refractivity contribution in [2.24, 2.45) is 11.8 Å². The largest absolute Gasteiger partial charge is 0.372 e. The van der Waals surface area contributed by atoms with Crippen molar-refractivity contribution in [1.29, 1.82) is 0 Å². The molecule has 1 saturated heterocycles. The number of rotatable bonds is 4. The number of hydrogen-bond donors (Lipinski definition) is 1. The van der Waals surface area contributed by atoms with Gasteiger partial charge in [-0.2, -0.15) is 4.98 Å². The molecule has 1 aromatic carbocycles. The van der Waals surface area contributed by atoms with Crippen molar-refractivity contribution in [3.8, 4) is 0 Å². The Kier molecular flexibility index (Phi) is 4.51. The van der Waals surface area contributed by atoms with Crippen molar-refractivity contribution in [2.45, 2.75) is 38.1 Å². The van der Waals surface area contributed by atoms with Crippen LogP contribution in [0.4, 0.5) is 17.3 Å². The molecule has 158 valence electrons. The lowest BCUT2D eigenvalue weighted by Crippen LogP contribution is -2.29. The predicted molar refractivity (Wildman–Crippen MR) is 124 cm³/mol. The zero-order valence-corrected chi connectivity index (χ0v) is 17.6. The smallest absolute Gasteiger partial charge is 0.252 e. The third kappa shape index (κ3) is 3.40. The van der Waals surface area contributed by atoms with Gasteiger partial charge in [0.05, 0.1) is 0 Å². The summed E-state index contributed by atoms with van der Waals surface area (Å²) in [5, 5.41) is 4.23. The SMILES string of the molecule is O=c1ccc2cnc(Nc3ccc(N4CCCCC4)cc3)nc2n1C1CC2C=CC1C2. The van der Waals surface area contributed by atoms with Gasteiger partial charge in [0.25, 0.3) is 5.56 Å². The quantitative estimate of drug-likeness (QED) is 0.630. The van der Waals surface area contributed by atoms with E-state index in [2.05, 4.69) is 51.6 Å². The van der Waals surface area contributed by atoms with Crippen LogP contribution in [0, 0.1) is 11.8 Å². The molecule has 3 heterocycles. The first kappa shape index (κ1) is 18.6. The second-order valence-corrected chi connectivity index (χ2v) is 9.08. The number of nitrogens with zero attached hydrogens (tertiary/aromatic N) is 4. The Bertz CT molecular complexity index is 1190. The minimum atomic E-state index is 0.0222. The van der Waals surface area contributed by atoms with E-state index >= 15 is 0 Å². The van der Waals surface area contributed by atoms with Gasteiger partial charge in [-0.05, 0) is 74.3 Å². The summed E-state index contributed by atoms with van der Waals surface area (Å²) in [6, 6.07) is 12.1. The summed E-state index contributed by atoms with van der Waals surface area (Å²) in [5.74, 6) is 1.55. The Morgan fingerprint density at radius 2 is 1.77 bits per heavy atom. The van der Waals surface area contributed by atoms with Gasteiger partial charge in [0.1, 0.15) is 5.65 Å². The average molecular weight is 414 g/mol. The van der Waals surface area contributed by atoms with E-state index in [4.69, 9.17) is 4.98 Å². The van der Waals surface area contributed by atoms with Crippen LogP contribution in [-0.4, -0.2) is 27.6 Å². The number of benzene rings is 1. The molecule has 2 aliphatic carbocycles. The second kappa shape index (κ2) is 7.52. The number of allylic oxidation sites excluding steroid dienone is 2. The van der Waals surface area contributed by atoms with Gasteiger partial charge in [0, 0.05) is 48.2 Å². The second-order valence-electron chi connectivity index (χ2n) is 9.08. The van der Waals surface area contributed by atoms with Crippen molar-refractivity contribution < 1.29 is 0 Å². The van der Waals surface area contributed by atoms with Gasteiger partial charge >= 0.3 is 0 Å². The third-order valence-electron chi connectivity index (χ3n) is 7.09. The van der Waals surface area contributed by atoms with E-state index in [1.165, 1.54) is 24.9 Å². The molecular formula is C25H27N5O. The lowest BCUT2D eigenvalue weighted by molar-refractivity contribution is 0.431. The minimum absolute atomic E-state index is 0.0222. The summed E-state index contributed by atoms with van der Waals surface area (Å²) < 4.78 is 1.90. The summed E-state index contributed by atoms with van der Waals surface area (Å²) in [5.41, 5.74) is 2.96. The Labute approximate surface area is 181 Å². The van der Waals surface area contributed by atoms with Crippen molar-refractivity contribution in [1.82, 2.24) is 14.5 Å². The highest BCUT2D eigenvalue weighted by Crippen LogP contribution is 2.46. The number of aromatic nitrogens is 3. The van der Waals surface area contributed by atoms with E-state index in [-0.39, 0.29) is 11.6 Å². The first-order valence-electron chi connectivity index (χ1n) is 11.4. The molecule has 2 bridgehead atoms. The van der Waals surface area contributed by atoms with Crippen molar-refractivity contribution in [2.75, 3.05) is 23.3 Å². The van der Waals surface area contributed by atoms with Crippen LogP contribution in [0.2, 0.25) is 0 Å². The maximum absolute atomic E-state index is 12.8. The molecule has 3 aliphatic rings. The molecule has 1 N–H and O–H groups in total. The predicted octanol–water partition coefficient (Wildman–Crippen LogP) is 4.66. The molecule has 6 rings (SSSR count). The molecule has 0 amide bonds. The van der Waals surface area contributed by atoms with Crippen molar-refractivity contribution in [3.63, 3.8) is 0 Å². The monoisotopic (exact) mass is 413 g/mol. The van der Waals surface area contributed by atoms with Crippen molar-refractivity contribution in [3.05, 3.63) is 65.1 Å². The highest BCUT2D eigenvalue weighted by molar-refractivity contribution is 5.76. The minimum Gasteiger partial charge on any atom is -0.372 e. The number of anilines is 3. The maximum Gasteiger partial charge on any atom is 0.252 e. The zero-order valence-electron chi connectivity index (χ0n) is 17.6. The van der Waals surface area contributed by atoms with Crippen LogP contribution in [0.25, 0.3) is 11.0 Å². The van der Waals surface area contributed by atoms with Gasteiger partial charge in [0.15, 0.2) is 0 Å². The molecule has 1 aliphatic heterocycles. The fraction of sp³-hybridized carbons (Fsp3) is 0.400. The topological polar surface area (TPSA) is 63.1 Å². The highest BCUT2D eigenvalue weighted by atomic mass is 16.1. The molecule has 3 unspecified atom stereocenters. The molecule has 1 saturated carbocycles. The summed E-state index contributed by atoms with van der Waals surface area (Å²) >= 11 is 0. The molecule has 0 spiro atoms. The molecule has 3 aromatic rings. The number of piperidine rings is 1. The van der Waals surface area contributed by atoms with E-state index in [9.17, 15) is 4.79 Å². The molecule has 0 radical (unpaired) electrons. The summed E-state index contributed by atoms with van der Waals surface area (Å²) in [6.45, 7) is 2.27. The van der Waals surface area contributed by atoms with Gasteiger partial charge < -0.3 is 10.2 Å². The molecular weight excluding hydrogens is 386 g/mol. The lowest BCUT2D eigenvalue weighted by atomic mass is 10.0. The maximum atomic E-state index is 12.8. The number of nitrogens with one attached hydrogen (secondary N) is 1. The number of fused-ring (bicyclic) bond motifs is 3. The van der Waals surface area contributed by atoms with Crippen LogP contribution in [0.5, 0.6) is 0 Å². The van der Waals surface area contributed by atoms with E-state index in [0.29, 0.717) is 17.8 Å². The van der Waals surface area contributed by atoms with E-state index < -0.39 is 0 Å². The first-order chi connectivity index (χ1) is 15.2. The van der Waals surface area contributed by atoms with Crippen LogP contribution >= 0.6 is 0 Å². The van der Waals surface area contributed by atoms with Crippen LogP contribution in [0.3, 0.4) is 0 Å². The molecule has 2 aromatic heterocycles. The van der Waals surface area contributed by atoms with Gasteiger partial charge in [-0.25, -0.2) is 4.98 Å². The Morgan fingerprint density at radius 3 is 2.52 bits per heavy atom. The van der Waals surface area contributed by atoms with Crippen LogP contribution < -0.4 is 15.8 Å². The fourth-order valence-electron chi connectivity index (χ4n) is 5.50. The Morgan fingerprint density at radius 1 is 0.935 bits per heavy atom. The number of hydrogen-bond acceptors (Lipinski definition) is 5. The van der Waals surface area contributed by atoms with Crippen molar-refractivity contribution >= 4 is 28.4 Å². The van der Waals surface area contributed by atoms with Crippen LogP contribution in [0.1, 0.15) is 38.1 Å². The molecule has 6 nitrogen and oxygen atoms in total. The lowest BCUT2D eigenvalue weighted by Gasteiger charge is -2.28. The van der Waals surface area contributed by atoms with E-state index in [1.807, 2.05) is 16.8 Å². The third-order valence-corrected chi connectivity index (χ3v) is 7.09. The van der Waals surface area contributed by atoms with Gasteiger partial charge in [0.2, 0.25) is 5.95 Å². The number of pyridine rings is 1. The summed E-state index contributed by atoms with van der Waals surface area (Å²) in [4.78, 5) is 24.5. The summed E-state index contributed by atoms with van der Waals surface area (Å²) in [7, 11) is 0. The van der Waals surface area contributed by atoms with Gasteiger partial charge in [-0.1, -0.05) is 12.2 Å². The van der Waals surface area contributed by atoms with Crippen LogP contribution in [-0.2, 0) is 0 Å². The first-order valence-corrected chi connectivity index (χ1v) is 11.4. The average Bonchev–Trinajstić information content (AvgIpc) is 3.44. The van der Waals surface area contributed by atoms with E-state index in [1.54, 1.807) is 6.07 Å².